The molecule has 0 spiro atoms. The number of carbonyl (C=O) groups is 1. The van der Waals surface area contributed by atoms with Gasteiger partial charge in [0.1, 0.15) is 0 Å². The van der Waals surface area contributed by atoms with E-state index in [1.807, 2.05) is 42.5 Å². The Kier molecular flexibility index (Phi) is 4.18. The molecule has 0 radical (unpaired) electrons. The van der Waals surface area contributed by atoms with Crippen LogP contribution < -0.4 is 10.6 Å². The maximum atomic E-state index is 10.9. The summed E-state index contributed by atoms with van der Waals surface area (Å²) in [6, 6.07) is 18.2. The molecule has 0 aliphatic rings. The topological polar surface area (TPSA) is 41.1 Å². The van der Waals surface area contributed by atoms with Gasteiger partial charge in [0.15, 0.2) is 0 Å². The fourth-order valence-electron chi connectivity index (χ4n) is 1.93. The molecular weight excluding hydrogens is 236 g/mol. The first kappa shape index (κ1) is 13.1. The number of benzene rings is 2. The third-order valence-corrected chi connectivity index (χ3v) is 2.89. The fourth-order valence-corrected chi connectivity index (χ4v) is 1.93. The van der Waals surface area contributed by atoms with Crippen molar-refractivity contribution in [2.75, 3.05) is 10.6 Å². The van der Waals surface area contributed by atoms with Crippen LogP contribution in [0, 0.1) is 0 Å². The zero-order valence-corrected chi connectivity index (χ0v) is 11.2. The average Bonchev–Trinajstić information content (AvgIpc) is 2.41. The van der Waals surface area contributed by atoms with Crippen LogP contribution in [-0.4, -0.2) is 5.91 Å². The molecule has 0 saturated heterocycles. The molecule has 0 aliphatic carbocycles. The molecule has 98 valence electrons. The lowest BCUT2D eigenvalue weighted by atomic mass is 10.1. The number of hydrogen-bond acceptors (Lipinski definition) is 2. The molecule has 1 amide bonds. The highest BCUT2D eigenvalue weighted by Crippen LogP contribution is 2.20. The predicted molar refractivity (Wildman–Crippen MR) is 79.2 cm³/mol. The van der Waals surface area contributed by atoms with Crippen molar-refractivity contribution in [3.05, 3.63) is 60.2 Å². The number of anilines is 2. The van der Waals surface area contributed by atoms with Gasteiger partial charge in [0.25, 0.3) is 0 Å². The van der Waals surface area contributed by atoms with E-state index >= 15 is 0 Å². The standard InChI is InChI=1S/C16H18N2O/c1-12(14-6-4-3-5-7-14)17-15-8-10-16(11-9-15)18-13(2)19/h3-12,17H,1-2H3,(H,18,19). The van der Waals surface area contributed by atoms with Gasteiger partial charge in [0.05, 0.1) is 0 Å². The minimum absolute atomic E-state index is 0.0571. The summed E-state index contributed by atoms with van der Waals surface area (Å²) in [6.45, 7) is 3.63. The summed E-state index contributed by atoms with van der Waals surface area (Å²) in [5.74, 6) is -0.0571. The Hall–Kier alpha value is -2.29. The molecule has 0 bridgehead atoms. The molecule has 0 fully saturated rings. The first-order valence-electron chi connectivity index (χ1n) is 6.34. The van der Waals surface area contributed by atoms with Crippen LogP contribution in [-0.2, 0) is 4.79 Å². The van der Waals surface area contributed by atoms with Crippen molar-refractivity contribution in [2.45, 2.75) is 19.9 Å². The van der Waals surface area contributed by atoms with Crippen LogP contribution in [0.5, 0.6) is 0 Å². The summed E-state index contributed by atoms with van der Waals surface area (Å²) < 4.78 is 0. The molecule has 1 unspecified atom stereocenters. The van der Waals surface area contributed by atoms with Gasteiger partial charge in [-0.2, -0.15) is 0 Å². The highest BCUT2D eigenvalue weighted by atomic mass is 16.1. The molecule has 0 saturated carbocycles. The van der Waals surface area contributed by atoms with E-state index in [1.54, 1.807) is 0 Å². The lowest BCUT2D eigenvalue weighted by Gasteiger charge is -2.16. The van der Waals surface area contributed by atoms with Gasteiger partial charge >= 0.3 is 0 Å². The summed E-state index contributed by atoms with van der Waals surface area (Å²) in [6.07, 6.45) is 0. The van der Waals surface area contributed by atoms with Crippen LogP contribution in [0.25, 0.3) is 0 Å². The van der Waals surface area contributed by atoms with Crippen molar-refractivity contribution in [3.8, 4) is 0 Å². The fraction of sp³-hybridized carbons (Fsp3) is 0.188. The van der Waals surface area contributed by atoms with Gasteiger partial charge in [-0.15, -0.1) is 0 Å². The molecule has 2 rings (SSSR count). The highest BCUT2D eigenvalue weighted by Gasteiger charge is 2.04. The SMILES string of the molecule is CC(=O)Nc1ccc(NC(C)c2ccccc2)cc1. The van der Waals surface area contributed by atoms with E-state index in [2.05, 4.69) is 29.7 Å². The van der Waals surface area contributed by atoms with E-state index < -0.39 is 0 Å². The Morgan fingerprint density at radius 3 is 2.11 bits per heavy atom. The quantitative estimate of drug-likeness (QED) is 0.871. The van der Waals surface area contributed by atoms with Gasteiger partial charge in [-0.3, -0.25) is 4.79 Å². The van der Waals surface area contributed by atoms with E-state index in [9.17, 15) is 4.79 Å². The van der Waals surface area contributed by atoms with E-state index in [4.69, 9.17) is 0 Å². The minimum atomic E-state index is -0.0571. The Morgan fingerprint density at radius 2 is 1.53 bits per heavy atom. The van der Waals surface area contributed by atoms with Crippen molar-refractivity contribution in [1.29, 1.82) is 0 Å². The smallest absolute Gasteiger partial charge is 0.221 e. The van der Waals surface area contributed by atoms with Crippen LogP contribution in [0.3, 0.4) is 0 Å². The summed E-state index contributed by atoms with van der Waals surface area (Å²) >= 11 is 0. The van der Waals surface area contributed by atoms with E-state index in [0.29, 0.717) is 0 Å². The molecule has 0 aromatic heterocycles. The predicted octanol–water partition coefficient (Wildman–Crippen LogP) is 3.82. The van der Waals surface area contributed by atoms with E-state index in [-0.39, 0.29) is 11.9 Å². The second-order valence-electron chi connectivity index (χ2n) is 4.54. The summed E-state index contributed by atoms with van der Waals surface area (Å²) in [5, 5.41) is 6.18. The first-order valence-corrected chi connectivity index (χ1v) is 6.34. The summed E-state index contributed by atoms with van der Waals surface area (Å²) in [4.78, 5) is 10.9. The Bertz CT molecular complexity index is 534. The molecule has 2 aromatic carbocycles. The molecular formula is C16H18N2O. The maximum absolute atomic E-state index is 10.9. The zero-order chi connectivity index (χ0) is 13.7. The first-order chi connectivity index (χ1) is 9.15. The lowest BCUT2D eigenvalue weighted by Crippen LogP contribution is -2.07. The number of hydrogen-bond donors (Lipinski definition) is 2. The van der Waals surface area contributed by atoms with Gasteiger partial charge in [0.2, 0.25) is 5.91 Å². The number of carbonyl (C=O) groups excluding carboxylic acids is 1. The van der Waals surface area contributed by atoms with Crippen molar-refractivity contribution in [2.24, 2.45) is 0 Å². The van der Waals surface area contributed by atoms with Crippen LogP contribution in [0.15, 0.2) is 54.6 Å². The number of rotatable bonds is 4. The summed E-state index contributed by atoms with van der Waals surface area (Å²) in [5.41, 5.74) is 3.09. The summed E-state index contributed by atoms with van der Waals surface area (Å²) in [7, 11) is 0. The van der Waals surface area contributed by atoms with Crippen LogP contribution >= 0.6 is 0 Å². The maximum Gasteiger partial charge on any atom is 0.221 e. The Morgan fingerprint density at radius 1 is 0.947 bits per heavy atom. The van der Waals surface area contributed by atoms with E-state index in [0.717, 1.165) is 11.4 Å². The number of nitrogens with one attached hydrogen (secondary N) is 2. The highest BCUT2D eigenvalue weighted by molar-refractivity contribution is 5.88. The van der Waals surface area contributed by atoms with Crippen LogP contribution in [0.1, 0.15) is 25.5 Å². The average molecular weight is 254 g/mol. The van der Waals surface area contributed by atoms with Crippen molar-refractivity contribution in [1.82, 2.24) is 0 Å². The monoisotopic (exact) mass is 254 g/mol. The van der Waals surface area contributed by atoms with Gasteiger partial charge in [-0.25, -0.2) is 0 Å². The van der Waals surface area contributed by atoms with Gasteiger partial charge in [-0.1, -0.05) is 30.3 Å². The Balaban J connectivity index is 2.01. The molecule has 3 nitrogen and oxygen atoms in total. The van der Waals surface area contributed by atoms with Crippen molar-refractivity contribution < 1.29 is 4.79 Å². The van der Waals surface area contributed by atoms with Crippen LogP contribution in [0.2, 0.25) is 0 Å². The van der Waals surface area contributed by atoms with Gasteiger partial charge in [0, 0.05) is 24.3 Å². The Labute approximate surface area is 113 Å². The van der Waals surface area contributed by atoms with Gasteiger partial charge < -0.3 is 10.6 Å². The minimum Gasteiger partial charge on any atom is -0.379 e. The molecule has 1 atom stereocenters. The van der Waals surface area contributed by atoms with Crippen molar-refractivity contribution in [3.63, 3.8) is 0 Å². The second kappa shape index (κ2) is 6.05. The normalized spacial score (nSPS) is 11.7. The van der Waals surface area contributed by atoms with E-state index in [1.165, 1.54) is 12.5 Å². The molecule has 19 heavy (non-hydrogen) atoms. The number of amides is 1. The molecule has 2 N–H and O–H groups in total. The molecule has 0 aliphatic heterocycles. The molecule has 3 heteroatoms. The second-order valence-corrected chi connectivity index (χ2v) is 4.54. The van der Waals surface area contributed by atoms with Crippen molar-refractivity contribution >= 4 is 17.3 Å². The third-order valence-electron chi connectivity index (χ3n) is 2.89. The third kappa shape index (κ3) is 3.85. The molecule has 2 aromatic rings. The zero-order valence-electron chi connectivity index (χ0n) is 11.2. The largest absolute Gasteiger partial charge is 0.379 e. The van der Waals surface area contributed by atoms with Crippen LogP contribution in [0.4, 0.5) is 11.4 Å². The lowest BCUT2D eigenvalue weighted by molar-refractivity contribution is -0.114. The molecule has 0 heterocycles. The van der Waals surface area contributed by atoms with Gasteiger partial charge in [-0.05, 0) is 36.8 Å².